The molecule has 1 atom stereocenters. The minimum atomic E-state index is 0.432. The van der Waals surface area contributed by atoms with Crippen LogP contribution in [0, 0.1) is 0 Å². The normalized spacial score (nSPS) is 18.0. The lowest BCUT2D eigenvalue weighted by Gasteiger charge is -2.24. The van der Waals surface area contributed by atoms with Crippen molar-refractivity contribution in [1.82, 2.24) is 14.8 Å². The molecule has 0 radical (unpaired) electrons. The number of hydrogen-bond acceptors (Lipinski definition) is 3. The number of fused-ring (bicyclic) bond motifs is 1. The van der Waals surface area contributed by atoms with Crippen molar-refractivity contribution in [3.63, 3.8) is 0 Å². The Morgan fingerprint density at radius 3 is 2.90 bits per heavy atom. The van der Waals surface area contributed by atoms with Gasteiger partial charge in [0.1, 0.15) is 0 Å². The predicted molar refractivity (Wildman–Crippen MR) is 84.8 cm³/mol. The fourth-order valence-corrected chi connectivity index (χ4v) is 3.41. The van der Waals surface area contributed by atoms with E-state index in [1.807, 2.05) is 24.4 Å². The summed E-state index contributed by atoms with van der Waals surface area (Å²) in [5.41, 5.74) is 9.85. The van der Waals surface area contributed by atoms with Crippen LogP contribution in [0.2, 0.25) is 0 Å². The van der Waals surface area contributed by atoms with Gasteiger partial charge >= 0.3 is 0 Å². The molecule has 4 heteroatoms. The Balaban J connectivity index is 2.13. The Labute approximate surface area is 126 Å². The zero-order chi connectivity index (χ0) is 14.8. The van der Waals surface area contributed by atoms with Gasteiger partial charge in [0.05, 0.1) is 5.69 Å². The first-order valence-corrected chi connectivity index (χ1v) is 7.95. The second kappa shape index (κ2) is 5.98. The second-order valence-corrected chi connectivity index (χ2v) is 6.17. The summed E-state index contributed by atoms with van der Waals surface area (Å²) in [4.78, 5) is 4.48. The summed E-state index contributed by atoms with van der Waals surface area (Å²) in [7, 11) is 0. The summed E-state index contributed by atoms with van der Waals surface area (Å²) in [6, 6.07) is 6.00. The van der Waals surface area contributed by atoms with E-state index in [0.29, 0.717) is 11.8 Å². The molecule has 0 amide bonds. The predicted octanol–water partition coefficient (Wildman–Crippen LogP) is 3.16. The van der Waals surface area contributed by atoms with Crippen molar-refractivity contribution < 1.29 is 0 Å². The lowest BCUT2D eigenvalue weighted by atomic mass is 9.81. The van der Waals surface area contributed by atoms with Gasteiger partial charge < -0.3 is 5.73 Å². The van der Waals surface area contributed by atoms with E-state index in [2.05, 4.69) is 23.5 Å². The highest BCUT2D eigenvalue weighted by molar-refractivity contribution is 5.39. The van der Waals surface area contributed by atoms with Crippen LogP contribution in [0.3, 0.4) is 0 Å². The van der Waals surface area contributed by atoms with Crippen LogP contribution in [-0.4, -0.2) is 21.3 Å². The summed E-state index contributed by atoms with van der Waals surface area (Å²) in [6.45, 7) is 5.19. The zero-order valence-corrected chi connectivity index (χ0v) is 12.9. The maximum atomic E-state index is 5.82. The van der Waals surface area contributed by atoms with E-state index < -0.39 is 0 Å². The van der Waals surface area contributed by atoms with E-state index in [4.69, 9.17) is 10.8 Å². The number of nitrogens with zero attached hydrogens (tertiary/aromatic N) is 3. The SMILES string of the molecule is CC(C)c1nn(-c2ccccn2)c2c1C(CCN)CCC2. The van der Waals surface area contributed by atoms with Crippen molar-refractivity contribution in [3.05, 3.63) is 41.3 Å². The van der Waals surface area contributed by atoms with Crippen LogP contribution in [0.1, 0.15) is 61.9 Å². The smallest absolute Gasteiger partial charge is 0.153 e. The number of hydrogen-bond donors (Lipinski definition) is 1. The molecule has 4 nitrogen and oxygen atoms in total. The molecule has 2 heterocycles. The third kappa shape index (κ3) is 2.60. The Hall–Kier alpha value is -1.68. The van der Waals surface area contributed by atoms with Gasteiger partial charge in [-0.15, -0.1) is 0 Å². The van der Waals surface area contributed by atoms with Gasteiger partial charge in [-0.2, -0.15) is 5.10 Å². The Morgan fingerprint density at radius 1 is 1.38 bits per heavy atom. The molecule has 0 saturated carbocycles. The van der Waals surface area contributed by atoms with Gasteiger partial charge in [0, 0.05) is 17.5 Å². The van der Waals surface area contributed by atoms with Gasteiger partial charge in [-0.25, -0.2) is 9.67 Å². The van der Waals surface area contributed by atoms with Crippen LogP contribution in [-0.2, 0) is 6.42 Å². The van der Waals surface area contributed by atoms with Gasteiger partial charge in [-0.3, -0.25) is 0 Å². The van der Waals surface area contributed by atoms with Crippen molar-refractivity contribution in [1.29, 1.82) is 0 Å². The Bertz CT molecular complexity index is 601. The first-order valence-electron chi connectivity index (χ1n) is 7.95. The molecule has 3 rings (SSSR count). The Morgan fingerprint density at radius 2 is 2.24 bits per heavy atom. The number of aromatic nitrogens is 3. The highest BCUT2D eigenvalue weighted by Gasteiger charge is 2.29. The quantitative estimate of drug-likeness (QED) is 0.938. The van der Waals surface area contributed by atoms with Gasteiger partial charge in [-0.05, 0) is 56.2 Å². The fourth-order valence-electron chi connectivity index (χ4n) is 3.41. The van der Waals surface area contributed by atoms with E-state index in [1.165, 1.54) is 29.8 Å². The Kier molecular flexibility index (Phi) is 4.06. The summed E-state index contributed by atoms with van der Waals surface area (Å²) in [6.07, 6.45) is 6.43. The van der Waals surface area contributed by atoms with Crippen molar-refractivity contribution in [2.24, 2.45) is 5.73 Å². The third-order valence-corrected chi connectivity index (χ3v) is 4.35. The number of pyridine rings is 1. The van der Waals surface area contributed by atoms with Gasteiger partial charge in [-0.1, -0.05) is 19.9 Å². The van der Waals surface area contributed by atoms with Crippen molar-refractivity contribution >= 4 is 0 Å². The van der Waals surface area contributed by atoms with Crippen LogP contribution in [0.4, 0.5) is 0 Å². The van der Waals surface area contributed by atoms with Gasteiger partial charge in [0.2, 0.25) is 0 Å². The fraction of sp³-hybridized carbons (Fsp3) is 0.529. The molecule has 0 aromatic carbocycles. The summed E-state index contributed by atoms with van der Waals surface area (Å²) in [5, 5.41) is 4.91. The molecule has 1 aliphatic rings. The number of nitrogens with two attached hydrogens (primary N) is 1. The van der Waals surface area contributed by atoms with Gasteiger partial charge in [0.25, 0.3) is 0 Å². The molecular weight excluding hydrogens is 260 g/mol. The van der Waals surface area contributed by atoms with Crippen LogP contribution < -0.4 is 5.73 Å². The van der Waals surface area contributed by atoms with Crippen molar-refractivity contribution in [2.75, 3.05) is 6.54 Å². The molecular formula is C17H24N4. The molecule has 0 spiro atoms. The number of rotatable bonds is 4. The first kappa shape index (κ1) is 14.3. The monoisotopic (exact) mass is 284 g/mol. The second-order valence-electron chi connectivity index (χ2n) is 6.17. The zero-order valence-electron chi connectivity index (χ0n) is 12.9. The molecule has 0 saturated heterocycles. The third-order valence-electron chi connectivity index (χ3n) is 4.35. The van der Waals surface area contributed by atoms with Crippen LogP contribution in [0.25, 0.3) is 5.82 Å². The molecule has 0 bridgehead atoms. The lowest BCUT2D eigenvalue weighted by molar-refractivity contribution is 0.513. The molecule has 0 fully saturated rings. The van der Waals surface area contributed by atoms with E-state index in [0.717, 1.165) is 25.2 Å². The van der Waals surface area contributed by atoms with Crippen LogP contribution >= 0.6 is 0 Å². The van der Waals surface area contributed by atoms with Crippen molar-refractivity contribution in [2.45, 2.75) is 51.4 Å². The summed E-state index contributed by atoms with van der Waals surface area (Å²) >= 11 is 0. The van der Waals surface area contributed by atoms with E-state index in [9.17, 15) is 0 Å². The maximum absolute atomic E-state index is 5.82. The van der Waals surface area contributed by atoms with Gasteiger partial charge in [0.15, 0.2) is 5.82 Å². The molecule has 21 heavy (non-hydrogen) atoms. The molecule has 1 unspecified atom stereocenters. The first-order chi connectivity index (χ1) is 10.2. The van der Waals surface area contributed by atoms with Crippen LogP contribution in [0.15, 0.2) is 24.4 Å². The molecule has 112 valence electrons. The molecule has 0 aliphatic heterocycles. The summed E-state index contributed by atoms with van der Waals surface area (Å²) < 4.78 is 2.06. The largest absolute Gasteiger partial charge is 0.330 e. The van der Waals surface area contributed by atoms with E-state index >= 15 is 0 Å². The molecule has 2 aromatic rings. The highest BCUT2D eigenvalue weighted by Crippen LogP contribution is 2.39. The molecule has 2 N–H and O–H groups in total. The highest BCUT2D eigenvalue weighted by atomic mass is 15.3. The van der Waals surface area contributed by atoms with E-state index in [1.54, 1.807) is 0 Å². The standard InChI is InChI=1S/C17H24N4/c1-12(2)17-16-13(9-10-18)6-5-7-14(16)21(20-17)15-8-3-4-11-19-15/h3-4,8,11-13H,5-7,9-10,18H2,1-2H3. The average Bonchev–Trinajstić information content (AvgIpc) is 2.89. The average molecular weight is 284 g/mol. The van der Waals surface area contributed by atoms with E-state index in [-0.39, 0.29) is 0 Å². The lowest BCUT2D eigenvalue weighted by Crippen LogP contribution is -2.16. The topological polar surface area (TPSA) is 56.7 Å². The minimum absolute atomic E-state index is 0.432. The minimum Gasteiger partial charge on any atom is -0.330 e. The molecule has 1 aliphatic carbocycles. The molecule has 2 aromatic heterocycles. The summed E-state index contributed by atoms with van der Waals surface area (Å²) in [5.74, 6) is 1.92. The maximum Gasteiger partial charge on any atom is 0.153 e. The van der Waals surface area contributed by atoms with Crippen molar-refractivity contribution in [3.8, 4) is 5.82 Å². The van der Waals surface area contributed by atoms with Crippen LogP contribution in [0.5, 0.6) is 0 Å².